The molecule has 1 unspecified atom stereocenters. The van der Waals surface area contributed by atoms with Crippen molar-refractivity contribution in [1.29, 1.82) is 0 Å². The van der Waals surface area contributed by atoms with Crippen LogP contribution in [0, 0.1) is 0 Å². The fourth-order valence-electron chi connectivity index (χ4n) is 0.567. The van der Waals surface area contributed by atoms with Gasteiger partial charge in [-0.15, -0.1) is 0 Å². The predicted octanol–water partition coefficient (Wildman–Crippen LogP) is 0.0141. The van der Waals surface area contributed by atoms with E-state index < -0.39 is 9.80 Å². The van der Waals surface area contributed by atoms with E-state index in [0.717, 1.165) is 5.37 Å². The van der Waals surface area contributed by atoms with Crippen molar-refractivity contribution in [3.63, 3.8) is 0 Å². The van der Waals surface area contributed by atoms with Crippen molar-refractivity contribution >= 4 is 15.2 Å². The van der Waals surface area contributed by atoms with E-state index in [9.17, 15) is 4.21 Å². The number of hydrogen-bond donors (Lipinski definition) is 1. The molecule has 0 aliphatic carbocycles. The second kappa shape index (κ2) is 2.98. The third kappa shape index (κ3) is 3.10. The molecule has 1 aromatic heterocycles. The molecule has 1 rings (SSSR count). The topological polar surface area (TPSA) is 63.1 Å². The summed E-state index contributed by atoms with van der Waals surface area (Å²) in [6.07, 6.45) is 4.25. The van der Waals surface area contributed by atoms with E-state index in [0.29, 0.717) is 0 Å². The first-order valence-electron chi connectivity index (χ1n) is 2.91. The molecule has 0 aliphatic heterocycles. The molecule has 1 aromatic rings. The van der Waals surface area contributed by atoms with Crippen molar-refractivity contribution in [3.05, 3.63) is 24.3 Å². The van der Waals surface area contributed by atoms with Crippen LogP contribution in [0.25, 0.3) is 0 Å². The van der Waals surface area contributed by atoms with E-state index in [4.69, 9.17) is 4.55 Å². The van der Waals surface area contributed by atoms with Crippen molar-refractivity contribution in [3.8, 4) is 0 Å². The Morgan fingerprint density at radius 1 is 1.55 bits per heavy atom. The summed E-state index contributed by atoms with van der Waals surface area (Å²) in [6, 6.07) is 1.65. The zero-order valence-corrected chi connectivity index (χ0v) is 6.78. The van der Waals surface area contributed by atoms with Gasteiger partial charge < -0.3 is 4.55 Å². The molecule has 0 spiro atoms. The van der Waals surface area contributed by atoms with Crippen molar-refractivity contribution < 1.29 is 8.76 Å². The third-order valence-electron chi connectivity index (χ3n) is 0.910. The van der Waals surface area contributed by atoms with Crippen LogP contribution in [0.4, 0.5) is 0 Å². The minimum atomic E-state index is -2.88. The second-order valence-corrected chi connectivity index (χ2v) is 4.04. The minimum Gasteiger partial charge on any atom is -0.313 e. The Morgan fingerprint density at radius 3 is 2.55 bits per heavy atom. The predicted molar refractivity (Wildman–Crippen MR) is 43.9 cm³/mol. The van der Waals surface area contributed by atoms with Gasteiger partial charge in [0.2, 0.25) is 0 Å². The van der Waals surface area contributed by atoms with Crippen LogP contribution in [0.2, 0.25) is 0 Å². The van der Waals surface area contributed by atoms with Gasteiger partial charge in [0, 0.05) is 18.6 Å². The maximum atomic E-state index is 10.8. The van der Waals surface area contributed by atoms with E-state index in [-0.39, 0.29) is 5.82 Å². The van der Waals surface area contributed by atoms with E-state index in [2.05, 4.69) is 9.97 Å². The fourth-order valence-corrected chi connectivity index (χ4v) is 1.08. The van der Waals surface area contributed by atoms with Gasteiger partial charge in [0.1, 0.15) is 0 Å². The van der Waals surface area contributed by atoms with Crippen LogP contribution < -0.4 is 0 Å². The molecule has 1 N–H and O–H groups in total. The first-order chi connectivity index (χ1) is 5.08. The molecule has 4 nitrogen and oxygen atoms in total. The van der Waals surface area contributed by atoms with Crippen molar-refractivity contribution in [2.24, 2.45) is 0 Å². The molecular formula is C6H8N2O2S. The van der Waals surface area contributed by atoms with Gasteiger partial charge in [-0.25, -0.2) is 14.2 Å². The molecule has 0 saturated heterocycles. The first-order valence-corrected chi connectivity index (χ1v) is 4.90. The third-order valence-corrected chi connectivity index (χ3v) is 1.56. The van der Waals surface area contributed by atoms with Gasteiger partial charge in [-0.3, -0.25) is 0 Å². The van der Waals surface area contributed by atoms with Gasteiger partial charge in [-0.2, -0.15) is 0 Å². The summed E-state index contributed by atoms with van der Waals surface area (Å²) in [6.45, 7) is 0. The highest BCUT2D eigenvalue weighted by Crippen LogP contribution is 1.84. The summed E-state index contributed by atoms with van der Waals surface area (Å²) >= 11 is 0. The molecule has 5 heteroatoms. The first kappa shape index (κ1) is 8.16. The molecular weight excluding hydrogens is 164 g/mol. The molecule has 0 fully saturated rings. The molecule has 0 radical (unpaired) electrons. The summed E-state index contributed by atoms with van der Waals surface area (Å²) in [4.78, 5) is 7.52. The van der Waals surface area contributed by atoms with Gasteiger partial charge in [-0.1, -0.05) is 0 Å². The summed E-state index contributed by atoms with van der Waals surface area (Å²) in [7, 11) is -2.88. The Bertz CT molecular complexity index is 333. The van der Waals surface area contributed by atoms with Crippen LogP contribution in [-0.2, 0) is 9.80 Å². The standard InChI is InChI=1S/C6H8N2O2S/c1-11(9,10)5-6-7-3-2-4-8-6/h2-5H,1H3,(H,9,10). The van der Waals surface area contributed by atoms with Crippen LogP contribution in [0.1, 0.15) is 5.82 Å². The number of hydrogen-bond acceptors (Lipinski definition) is 3. The van der Waals surface area contributed by atoms with E-state index >= 15 is 0 Å². The molecule has 0 aliphatic rings. The van der Waals surface area contributed by atoms with E-state index in [1.807, 2.05) is 0 Å². The molecule has 1 atom stereocenters. The van der Waals surface area contributed by atoms with E-state index in [1.54, 1.807) is 6.07 Å². The smallest absolute Gasteiger partial charge is 0.162 e. The van der Waals surface area contributed by atoms with Crippen molar-refractivity contribution in [1.82, 2.24) is 9.97 Å². The summed E-state index contributed by atoms with van der Waals surface area (Å²) < 4.78 is 19.6. The maximum Gasteiger partial charge on any atom is 0.162 e. The lowest BCUT2D eigenvalue weighted by Gasteiger charge is -1.92. The Balaban J connectivity index is 3.08. The number of rotatable bonds is 1. The molecule has 1 heterocycles. The van der Waals surface area contributed by atoms with Crippen LogP contribution in [0.3, 0.4) is 0 Å². The molecule has 11 heavy (non-hydrogen) atoms. The molecule has 0 saturated carbocycles. The quantitative estimate of drug-likeness (QED) is 0.606. The largest absolute Gasteiger partial charge is 0.313 e. The molecule has 60 valence electrons. The van der Waals surface area contributed by atoms with Crippen LogP contribution in [-0.4, -0.2) is 30.4 Å². The summed E-state index contributed by atoms with van der Waals surface area (Å²) in [5, 5.41) is 1.13. The van der Waals surface area contributed by atoms with Crippen LogP contribution in [0.15, 0.2) is 18.5 Å². The van der Waals surface area contributed by atoms with Gasteiger partial charge in [0.15, 0.2) is 5.82 Å². The number of nitrogens with zero attached hydrogens (tertiary/aromatic N) is 2. The lowest BCUT2D eigenvalue weighted by Crippen LogP contribution is -2.02. The zero-order valence-electron chi connectivity index (χ0n) is 5.97. The van der Waals surface area contributed by atoms with Crippen LogP contribution in [0.5, 0.6) is 0 Å². The van der Waals surface area contributed by atoms with Gasteiger partial charge >= 0.3 is 0 Å². The maximum absolute atomic E-state index is 10.8. The Labute approximate surface area is 65.1 Å². The summed E-state index contributed by atoms with van der Waals surface area (Å²) in [5.41, 5.74) is 0. The SMILES string of the molecule is CS(=O)(O)=Cc1ncccn1. The van der Waals surface area contributed by atoms with Crippen molar-refractivity contribution in [2.45, 2.75) is 0 Å². The average Bonchev–Trinajstić information content (AvgIpc) is 1.85. The van der Waals surface area contributed by atoms with E-state index in [1.165, 1.54) is 18.6 Å². The second-order valence-electron chi connectivity index (χ2n) is 2.09. The van der Waals surface area contributed by atoms with Crippen molar-refractivity contribution in [2.75, 3.05) is 6.26 Å². The Hall–Kier alpha value is -0.940. The zero-order chi connectivity index (χ0) is 8.32. The van der Waals surface area contributed by atoms with Gasteiger partial charge in [-0.05, 0) is 6.07 Å². The van der Waals surface area contributed by atoms with Gasteiger partial charge in [0.25, 0.3) is 0 Å². The Morgan fingerprint density at radius 2 is 2.09 bits per heavy atom. The highest BCUT2D eigenvalue weighted by Gasteiger charge is 1.93. The molecule has 0 bridgehead atoms. The highest BCUT2D eigenvalue weighted by molar-refractivity contribution is 7.95. The minimum absolute atomic E-state index is 0.280. The summed E-state index contributed by atoms with van der Waals surface area (Å²) in [5.74, 6) is 0.280. The molecule has 0 amide bonds. The lowest BCUT2D eigenvalue weighted by atomic mass is 10.6. The lowest BCUT2D eigenvalue weighted by molar-refractivity contribution is 0.566. The Kier molecular flexibility index (Phi) is 2.21. The fraction of sp³-hybridized carbons (Fsp3) is 0.167. The highest BCUT2D eigenvalue weighted by atomic mass is 32.2. The monoisotopic (exact) mass is 172 g/mol. The van der Waals surface area contributed by atoms with Crippen LogP contribution >= 0.6 is 0 Å². The normalized spacial score (nSPS) is 15.5. The molecule has 0 aromatic carbocycles. The average molecular weight is 172 g/mol. The number of aromatic nitrogens is 2. The van der Waals surface area contributed by atoms with Gasteiger partial charge in [0.05, 0.1) is 15.2 Å².